The van der Waals surface area contributed by atoms with E-state index in [9.17, 15) is 0 Å². The average molecular weight is 396 g/mol. The molecule has 2 N–H and O–H groups in total. The summed E-state index contributed by atoms with van der Waals surface area (Å²) >= 11 is 5.96. The van der Waals surface area contributed by atoms with Gasteiger partial charge >= 0.3 is 0 Å². The summed E-state index contributed by atoms with van der Waals surface area (Å²) in [5.41, 5.74) is 3.04. The molecule has 2 aromatic carbocycles. The zero-order chi connectivity index (χ0) is 19.8. The maximum absolute atomic E-state index is 9.01. The van der Waals surface area contributed by atoms with Crippen molar-refractivity contribution in [3.63, 3.8) is 0 Å². The number of nitrogens with one attached hydrogen (secondary N) is 2. The van der Waals surface area contributed by atoms with Crippen molar-refractivity contribution in [2.24, 2.45) is 4.99 Å². The smallest absolute Gasteiger partial charge is 0.191 e. The molecule has 1 aliphatic rings. The third kappa shape index (κ3) is 5.98. The van der Waals surface area contributed by atoms with Gasteiger partial charge in [-0.2, -0.15) is 5.26 Å². The van der Waals surface area contributed by atoms with Gasteiger partial charge in [-0.25, -0.2) is 0 Å². The van der Waals surface area contributed by atoms with Crippen LogP contribution in [0, 0.1) is 11.3 Å². The van der Waals surface area contributed by atoms with Crippen LogP contribution < -0.4 is 10.6 Å². The number of halogens is 1. The molecule has 0 radical (unpaired) electrons. The normalized spacial score (nSPS) is 15.8. The molecule has 0 bridgehead atoms. The van der Waals surface area contributed by atoms with Crippen molar-refractivity contribution in [1.29, 1.82) is 5.26 Å². The van der Waals surface area contributed by atoms with Gasteiger partial charge in [0, 0.05) is 44.3 Å². The molecule has 0 aliphatic carbocycles. The first-order valence-electron chi connectivity index (χ1n) is 9.59. The third-order valence-electron chi connectivity index (χ3n) is 4.99. The van der Waals surface area contributed by atoms with E-state index in [4.69, 9.17) is 16.9 Å². The van der Waals surface area contributed by atoms with Crippen LogP contribution in [0.25, 0.3) is 0 Å². The molecule has 146 valence electrons. The lowest BCUT2D eigenvalue weighted by atomic mass is 10.0. The van der Waals surface area contributed by atoms with E-state index in [0.717, 1.165) is 49.0 Å². The van der Waals surface area contributed by atoms with Crippen molar-refractivity contribution in [2.75, 3.05) is 20.1 Å². The molecular formula is C22H26ClN5. The van der Waals surface area contributed by atoms with Gasteiger partial charge in [-0.1, -0.05) is 35.9 Å². The van der Waals surface area contributed by atoms with E-state index in [-0.39, 0.29) is 0 Å². The van der Waals surface area contributed by atoms with E-state index in [2.05, 4.69) is 38.7 Å². The van der Waals surface area contributed by atoms with E-state index < -0.39 is 0 Å². The Morgan fingerprint density at radius 2 is 1.93 bits per heavy atom. The van der Waals surface area contributed by atoms with Crippen LogP contribution in [0.5, 0.6) is 0 Å². The van der Waals surface area contributed by atoms with Crippen molar-refractivity contribution in [2.45, 2.75) is 32.0 Å². The highest BCUT2D eigenvalue weighted by atomic mass is 35.5. The number of likely N-dealkylation sites (tertiary alicyclic amines) is 1. The molecule has 1 aliphatic heterocycles. The predicted octanol–water partition coefficient (Wildman–Crippen LogP) is 3.54. The summed E-state index contributed by atoms with van der Waals surface area (Å²) in [6.45, 7) is 3.72. The molecule has 5 nitrogen and oxygen atoms in total. The molecule has 28 heavy (non-hydrogen) atoms. The number of hydrogen-bond acceptors (Lipinski definition) is 3. The highest BCUT2D eigenvalue weighted by molar-refractivity contribution is 6.30. The molecule has 0 amide bonds. The van der Waals surface area contributed by atoms with E-state index in [1.165, 1.54) is 5.56 Å². The van der Waals surface area contributed by atoms with E-state index in [1.54, 1.807) is 7.05 Å². The molecule has 0 saturated carbocycles. The summed E-state index contributed by atoms with van der Waals surface area (Å²) < 4.78 is 0. The Bertz CT molecular complexity index is 833. The van der Waals surface area contributed by atoms with E-state index in [1.807, 2.05) is 36.4 Å². The van der Waals surface area contributed by atoms with Gasteiger partial charge in [-0.3, -0.25) is 9.89 Å². The summed E-state index contributed by atoms with van der Waals surface area (Å²) in [6, 6.07) is 18.3. The molecule has 0 aromatic heterocycles. The van der Waals surface area contributed by atoms with Gasteiger partial charge < -0.3 is 10.6 Å². The van der Waals surface area contributed by atoms with Crippen LogP contribution in [-0.4, -0.2) is 37.0 Å². The van der Waals surface area contributed by atoms with Crippen molar-refractivity contribution in [3.05, 3.63) is 70.2 Å². The van der Waals surface area contributed by atoms with Crippen molar-refractivity contribution in [1.82, 2.24) is 15.5 Å². The predicted molar refractivity (Wildman–Crippen MR) is 114 cm³/mol. The Morgan fingerprint density at radius 1 is 1.18 bits per heavy atom. The zero-order valence-corrected chi connectivity index (χ0v) is 16.9. The Morgan fingerprint density at radius 3 is 2.61 bits per heavy atom. The van der Waals surface area contributed by atoms with Crippen LogP contribution in [0.4, 0.5) is 0 Å². The Hall–Kier alpha value is -2.55. The van der Waals surface area contributed by atoms with Gasteiger partial charge in [0.05, 0.1) is 11.6 Å². The fourth-order valence-electron chi connectivity index (χ4n) is 3.41. The first-order valence-corrected chi connectivity index (χ1v) is 9.97. The second-order valence-electron chi connectivity index (χ2n) is 7.06. The fourth-order valence-corrected chi connectivity index (χ4v) is 3.53. The lowest BCUT2D eigenvalue weighted by molar-refractivity contribution is 0.198. The lowest BCUT2D eigenvalue weighted by Gasteiger charge is -2.33. The number of benzene rings is 2. The maximum atomic E-state index is 9.01. The monoisotopic (exact) mass is 395 g/mol. The van der Waals surface area contributed by atoms with E-state index in [0.29, 0.717) is 18.2 Å². The molecule has 1 heterocycles. The van der Waals surface area contributed by atoms with Crippen LogP contribution in [0.1, 0.15) is 29.5 Å². The highest BCUT2D eigenvalue weighted by Crippen LogP contribution is 2.16. The molecule has 1 fully saturated rings. The Kier molecular flexibility index (Phi) is 7.30. The molecule has 0 unspecified atom stereocenters. The van der Waals surface area contributed by atoms with Crippen LogP contribution in [0.2, 0.25) is 5.02 Å². The summed E-state index contributed by atoms with van der Waals surface area (Å²) in [6.07, 6.45) is 2.16. The van der Waals surface area contributed by atoms with Crippen LogP contribution >= 0.6 is 11.6 Å². The summed E-state index contributed by atoms with van der Waals surface area (Å²) in [7, 11) is 1.79. The summed E-state index contributed by atoms with van der Waals surface area (Å²) in [5.74, 6) is 0.804. The molecule has 2 aromatic rings. The standard InChI is InChI=1S/C22H26ClN5/c1-25-22(26-15-19-4-2-3-18(13-19)14-24)27-21-9-11-28(12-10-21)16-17-5-7-20(23)8-6-17/h2-8,13,21H,9-12,15-16H2,1H3,(H2,25,26,27). The molecule has 6 heteroatoms. The summed E-state index contributed by atoms with van der Waals surface area (Å²) in [5, 5.41) is 16.7. The number of nitriles is 1. The number of aliphatic imine (C=N–C) groups is 1. The van der Waals surface area contributed by atoms with Gasteiger partial charge in [0.15, 0.2) is 5.96 Å². The second-order valence-corrected chi connectivity index (χ2v) is 7.50. The van der Waals surface area contributed by atoms with Crippen molar-refractivity contribution >= 4 is 17.6 Å². The highest BCUT2D eigenvalue weighted by Gasteiger charge is 2.20. The van der Waals surface area contributed by atoms with E-state index >= 15 is 0 Å². The Labute approximate surface area is 172 Å². The third-order valence-corrected chi connectivity index (χ3v) is 5.24. The molecular weight excluding hydrogens is 370 g/mol. The number of hydrogen-bond donors (Lipinski definition) is 2. The second kappa shape index (κ2) is 10.1. The van der Waals surface area contributed by atoms with Crippen LogP contribution in [0.15, 0.2) is 53.5 Å². The van der Waals surface area contributed by atoms with Gasteiger partial charge in [0.2, 0.25) is 0 Å². The van der Waals surface area contributed by atoms with Gasteiger partial charge in [0.1, 0.15) is 0 Å². The largest absolute Gasteiger partial charge is 0.354 e. The zero-order valence-electron chi connectivity index (χ0n) is 16.2. The first kappa shape index (κ1) is 20.2. The average Bonchev–Trinajstić information content (AvgIpc) is 2.74. The van der Waals surface area contributed by atoms with Crippen molar-refractivity contribution in [3.8, 4) is 6.07 Å². The molecule has 1 saturated heterocycles. The van der Waals surface area contributed by atoms with Crippen LogP contribution in [-0.2, 0) is 13.1 Å². The van der Waals surface area contributed by atoms with Crippen molar-refractivity contribution < 1.29 is 0 Å². The maximum Gasteiger partial charge on any atom is 0.191 e. The van der Waals surface area contributed by atoms with Gasteiger partial charge in [-0.05, 0) is 48.2 Å². The van der Waals surface area contributed by atoms with Crippen LogP contribution in [0.3, 0.4) is 0 Å². The number of nitrogens with zero attached hydrogens (tertiary/aromatic N) is 3. The summed E-state index contributed by atoms with van der Waals surface area (Å²) in [4.78, 5) is 6.82. The minimum Gasteiger partial charge on any atom is -0.354 e. The number of guanidine groups is 1. The topological polar surface area (TPSA) is 63.5 Å². The number of rotatable bonds is 5. The first-order chi connectivity index (χ1) is 13.7. The molecule has 3 rings (SSSR count). The van der Waals surface area contributed by atoms with Gasteiger partial charge in [0.25, 0.3) is 0 Å². The SMILES string of the molecule is CN=C(NCc1cccc(C#N)c1)NC1CCN(Cc2ccc(Cl)cc2)CC1. The quantitative estimate of drug-likeness (QED) is 0.600. The fraction of sp³-hybridized carbons (Fsp3) is 0.364. The minimum atomic E-state index is 0.415. The van der Waals surface area contributed by atoms with Gasteiger partial charge in [-0.15, -0.1) is 0 Å². The minimum absolute atomic E-state index is 0.415. The number of piperidine rings is 1. The molecule has 0 atom stereocenters. The molecule has 0 spiro atoms. The lowest BCUT2D eigenvalue weighted by Crippen LogP contribution is -2.48. The Balaban J connectivity index is 1.43.